The fourth-order valence-electron chi connectivity index (χ4n) is 2.43. The van der Waals surface area contributed by atoms with Crippen molar-refractivity contribution in [1.29, 1.82) is 0 Å². The number of carbonyl (C=O) groups excluding carboxylic acids is 1. The van der Waals surface area contributed by atoms with E-state index >= 15 is 0 Å². The Morgan fingerprint density at radius 3 is 2.33 bits per heavy atom. The minimum Gasteiger partial charge on any atom is -0.372 e. The van der Waals surface area contributed by atoms with E-state index in [-0.39, 0.29) is 5.16 Å². The number of hydrogen-bond acceptors (Lipinski definition) is 5. The van der Waals surface area contributed by atoms with Gasteiger partial charge in [0.25, 0.3) is 0 Å². The smallest absolute Gasteiger partial charge is 0.240 e. The van der Waals surface area contributed by atoms with Crippen LogP contribution in [0.2, 0.25) is 0 Å². The summed E-state index contributed by atoms with van der Waals surface area (Å²) in [5.41, 5.74) is 1.62. The van der Waals surface area contributed by atoms with Gasteiger partial charge >= 0.3 is 0 Å². The molecule has 8 heteroatoms. The number of nitrogens with zero attached hydrogens (tertiary/aromatic N) is 3. The molecule has 7 nitrogen and oxygen atoms in total. The van der Waals surface area contributed by atoms with Crippen LogP contribution in [0.3, 0.4) is 0 Å². The van der Waals surface area contributed by atoms with E-state index in [9.17, 15) is 13.2 Å². The fourth-order valence-corrected chi connectivity index (χ4v) is 3.70. The second-order valence-corrected chi connectivity index (χ2v) is 7.23. The highest BCUT2D eigenvalue weighted by molar-refractivity contribution is 7.92. The van der Waals surface area contributed by atoms with Crippen LogP contribution in [0, 0.1) is 0 Å². The van der Waals surface area contributed by atoms with Crippen LogP contribution in [0.25, 0.3) is 0 Å². The Balaban J connectivity index is 2.04. The molecular weight excluding hydrogens is 328 g/mol. The Morgan fingerprint density at radius 1 is 1.21 bits per heavy atom. The van der Waals surface area contributed by atoms with E-state index in [1.54, 1.807) is 19.2 Å². The van der Waals surface area contributed by atoms with Crippen molar-refractivity contribution < 1.29 is 13.2 Å². The SMILES string of the molecule is CCN(CC)c1ccc(NC(=O)CS(=O)(=O)c2nccn2C)cc1. The van der Waals surface area contributed by atoms with Crippen LogP contribution in [0.5, 0.6) is 0 Å². The number of hydrogen-bond donors (Lipinski definition) is 1. The summed E-state index contributed by atoms with van der Waals surface area (Å²) >= 11 is 0. The Morgan fingerprint density at radius 2 is 1.83 bits per heavy atom. The summed E-state index contributed by atoms with van der Waals surface area (Å²) in [6, 6.07) is 7.32. The standard InChI is InChI=1S/C16H22N4O3S/c1-4-20(5-2)14-8-6-13(7-9-14)18-15(21)12-24(22,23)16-17-10-11-19(16)3/h6-11H,4-5,12H2,1-3H3,(H,18,21). The first kappa shape index (κ1) is 18.0. The largest absolute Gasteiger partial charge is 0.372 e. The number of imidazole rings is 1. The number of rotatable bonds is 7. The number of aromatic nitrogens is 2. The molecule has 1 N–H and O–H groups in total. The second kappa shape index (κ2) is 7.48. The van der Waals surface area contributed by atoms with Crippen LogP contribution >= 0.6 is 0 Å². The molecule has 130 valence electrons. The van der Waals surface area contributed by atoms with Crippen LogP contribution in [0.4, 0.5) is 11.4 Å². The lowest BCUT2D eigenvalue weighted by atomic mass is 10.2. The predicted molar refractivity (Wildman–Crippen MR) is 93.9 cm³/mol. The van der Waals surface area contributed by atoms with Gasteiger partial charge in [-0.15, -0.1) is 0 Å². The Kier molecular flexibility index (Phi) is 5.61. The third-order valence-corrected chi connectivity index (χ3v) is 5.25. The first-order valence-electron chi connectivity index (χ1n) is 7.72. The van der Waals surface area contributed by atoms with E-state index in [1.807, 2.05) is 12.1 Å². The lowest BCUT2D eigenvalue weighted by molar-refractivity contribution is -0.113. The monoisotopic (exact) mass is 350 g/mol. The van der Waals surface area contributed by atoms with Crippen molar-refractivity contribution >= 4 is 27.1 Å². The van der Waals surface area contributed by atoms with Crippen molar-refractivity contribution in [3.63, 3.8) is 0 Å². The molecule has 24 heavy (non-hydrogen) atoms. The van der Waals surface area contributed by atoms with Gasteiger partial charge < -0.3 is 14.8 Å². The van der Waals surface area contributed by atoms with Gasteiger partial charge in [-0.05, 0) is 38.1 Å². The number of amides is 1. The highest BCUT2D eigenvalue weighted by atomic mass is 32.2. The molecule has 0 fully saturated rings. The van der Waals surface area contributed by atoms with Gasteiger partial charge in [0.15, 0.2) is 0 Å². The summed E-state index contributed by atoms with van der Waals surface area (Å²) in [6.45, 7) is 5.93. The lowest BCUT2D eigenvalue weighted by Crippen LogP contribution is -2.25. The average Bonchev–Trinajstić information content (AvgIpc) is 2.96. The lowest BCUT2D eigenvalue weighted by Gasteiger charge is -2.21. The summed E-state index contributed by atoms with van der Waals surface area (Å²) < 4.78 is 25.7. The molecular formula is C16H22N4O3S. The normalized spacial score (nSPS) is 11.3. The molecule has 0 saturated heterocycles. The summed E-state index contributed by atoms with van der Waals surface area (Å²) in [4.78, 5) is 18.0. The van der Waals surface area contributed by atoms with Gasteiger partial charge in [-0.1, -0.05) is 0 Å². The van der Waals surface area contributed by atoms with E-state index in [4.69, 9.17) is 0 Å². The Hall–Kier alpha value is -2.35. The molecule has 1 heterocycles. The average molecular weight is 350 g/mol. The minimum absolute atomic E-state index is 0.116. The Labute approximate surface area is 142 Å². The van der Waals surface area contributed by atoms with Gasteiger partial charge in [0, 0.05) is 43.9 Å². The molecule has 0 atom stereocenters. The quantitative estimate of drug-likeness (QED) is 0.821. The number of benzene rings is 1. The van der Waals surface area contributed by atoms with Crippen molar-refractivity contribution in [3.05, 3.63) is 36.7 Å². The van der Waals surface area contributed by atoms with Crippen LogP contribution in [-0.4, -0.2) is 42.7 Å². The van der Waals surface area contributed by atoms with Crippen LogP contribution in [0.15, 0.2) is 41.8 Å². The highest BCUT2D eigenvalue weighted by Gasteiger charge is 2.23. The summed E-state index contributed by atoms with van der Waals surface area (Å²) in [5, 5.41) is 2.49. The molecule has 0 saturated carbocycles. The van der Waals surface area contributed by atoms with Gasteiger partial charge in [-0.25, -0.2) is 13.4 Å². The first-order valence-corrected chi connectivity index (χ1v) is 9.37. The van der Waals surface area contributed by atoms with Crippen molar-refractivity contribution in [1.82, 2.24) is 9.55 Å². The van der Waals surface area contributed by atoms with E-state index in [0.29, 0.717) is 5.69 Å². The molecule has 0 bridgehead atoms. The molecule has 1 aromatic heterocycles. The zero-order valence-corrected chi connectivity index (χ0v) is 14.9. The molecule has 2 aromatic rings. The third-order valence-electron chi connectivity index (χ3n) is 3.66. The zero-order chi connectivity index (χ0) is 17.7. The second-order valence-electron chi connectivity index (χ2n) is 5.35. The maximum Gasteiger partial charge on any atom is 0.240 e. The van der Waals surface area contributed by atoms with Gasteiger partial charge in [-0.2, -0.15) is 0 Å². The number of carbonyl (C=O) groups is 1. The Bertz CT molecular complexity index is 793. The number of anilines is 2. The predicted octanol–water partition coefficient (Wildman–Crippen LogP) is 1.68. The van der Waals surface area contributed by atoms with Crippen molar-refractivity contribution in [2.75, 3.05) is 29.1 Å². The van der Waals surface area contributed by atoms with Gasteiger partial charge in [0.05, 0.1) is 0 Å². The fraction of sp³-hybridized carbons (Fsp3) is 0.375. The van der Waals surface area contributed by atoms with E-state index in [2.05, 4.69) is 29.0 Å². The highest BCUT2D eigenvalue weighted by Crippen LogP contribution is 2.18. The maximum absolute atomic E-state index is 12.2. The van der Waals surface area contributed by atoms with Crippen molar-refractivity contribution in [2.45, 2.75) is 19.0 Å². The van der Waals surface area contributed by atoms with Crippen molar-refractivity contribution in [2.24, 2.45) is 7.05 Å². The molecule has 0 aliphatic heterocycles. The van der Waals surface area contributed by atoms with Crippen LogP contribution in [0.1, 0.15) is 13.8 Å². The van der Waals surface area contributed by atoms with Gasteiger partial charge in [0.2, 0.25) is 20.9 Å². The topological polar surface area (TPSA) is 84.3 Å². The maximum atomic E-state index is 12.2. The van der Waals surface area contributed by atoms with Crippen LogP contribution < -0.4 is 10.2 Å². The molecule has 2 rings (SSSR count). The molecule has 1 aromatic carbocycles. The van der Waals surface area contributed by atoms with E-state index in [1.165, 1.54) is 17.0 Å². The molecule has 0 aliphatic carbocycles. The van der Waals surface area contributed by atoms with E-state index in [0.717, 1.165) is 18.8 Å². The molecule has 0 unspecified atom stereocenters. The summed E-state index contributed by atoms with van der Waals surface area (Å²) in [6.07, 6.45) is 2.91. The molecule has 1 amide bonds. The first-order chi connectivity index (χ1) is 11.4. The number of sulfone groups is 1. The van der Waals surface area contributed by atoms with E-state index < -0.39 is 21.5 Å². The van der Waals surface area contributed by atoms with Gasteiger partial charge in [0.1, 0.15) is 5.75 Å². The third kappa shape index (κ3) is 4.14. The zero-order valence-electron chi connectivity index (χ0n) is 14.1. The molecule has 0 radical (unpaired) electrons. The summed E-state index contributed by atoms with van der Waals surface area (Å²) in [7, 11) is -2.19. The molecule has 0 aliphatic rings. The van der Waals surface area contributed by atoms with Gasteiger partial charge in [-0.3, -0.25) is 4.79 Å². The number of aryl methyl sites for hydroxylation is 1. The minimum atomic E-state index is -3.76. The summed E-state index contributed by atoms with van der Waals surface area (Å²) in [5.74, 6) is -1.23. The van der Waals surface area contributed by atoms with Crippen LogP contribution in [-0.2, 0) is 21.7 Å². The number of nitrogens with one attached hydrogen (secondary N) is 1. The molecule has 0 spiro atoms. The van der Waals surface area contributed by atoms with Crippen molar-refractivity contribution in [3.8, 4) is 0 Å².